The van der Waals surface area contributed by atoms with E-state index in [1.807, 2.05) is 42.5 Å². The number of hydrogen-bond acceptors (Lipinski definition) is 3. The summed E-state index contributed by atoms with van der Waals surface area (Å²) in [6, 6.07) is 15.6. The molecule has 2 aromatic carbocycles. The van der Waals surface area contributed by atoms with Crippen LogP contribution in [0.25, 0.3) is 11.0 Å². The van der Waals surface area contributed by atoms with Gasteiger partial charge in [0.05, 0.1) is 17.1 Å². The minimum absolute atomic E-state index is 0.163. The number of hydrogen-bond donors (Lipinski definition) is 1. The van der Waals surface area contributed by atoms with E-state index in [0.29, 0.717) is 11.4 Å². The van der Waals surface area contributed by atoms with Crippen LogP contribution < -0.4 is 5.32 Å². The number of Topliss-reactive ketones (excluding diaryl/α,β-unsaturated/α-hetero) is 1. The molecule has 3 aromatic rings. The van der Waals surface area contributed by atoms with Gasteiger partial charge in [-0.05, 0) is 42.7 Å². The van der Waals surface area contributed by atoms with Crippen LogP contribution in [0.2, 0.25) is 5.02 Å². The molecule has 1 aliphatic carbocycles. The molecule has 0 radical (unpaired) electrons. The van der Waals surface area contributed by atoms with Crippen LogP contribution in [-0.4, -0.2) is 15.3 Å². The van der Waals surface area contributed by atoms with E-state index in [2.05, 4.69) is 16.0 Å². The molecule has 0 saturated carbocycles. The second-order valence-electron chi connectivity index (χ2n) is 6.54. The number of rotatable bonds is 1. The minimum Gasteiger partial charge on any atom is -0.329 e. The topological polar surface area (TPSA) is 46.9 Å². The number of nitrogens with one attached hydrogen (secondary N) is 1. The Morgan fingerprint density at radius 2 is 1.88 bits per heavy atom. The van der Waals surface area contributed by atoms with Gasteiger partial charge in [0.15, 0.2) is 5.78 Å². The number of benzene rings is 2. The summed E-state index contributed by atoms with van der Waals surface area (Å²) in [6.45, 7) is 0. The first-order chi connectivity index (χ1) is 12.2. The van der Waals surface area contributed by atoms with Gasteiger partial charge in [-0.2, -0.15) is 0 Å². The number of fused-ring (bicyclic) bond motifs is 3. The third-order valence-electron chi connectivity index (χ3n) is 5.03. The Balaban J connectivity index is 1.81. The van der Waals surface area contributed by atoms with Gasteiger partial charge in [0, 0.05) is 22.7 Å². The summed E-state index contributed by atoms with van der Waals surface area (Å²) < 4.78 is 2.14. The van der Waals surface area contributed by atoms with Crippen molar-refractivity contribution in [2.75, 3.05) is 5.32 Å². The highest BCUT2D eigenvalue weighted by Gasteiger charge is 2.36. The number of carbonyl (C=O) groups is 1. The number of halogens is 1. The van der Waals surface area contributed by atoms with Crippen molar-refractivity contribution in [3.63, 3.8) is 0 Å². The second kappa shape index (κ2) is 5.46. The number of anilines is 1. The summed E-state index contributed by atoms with van der Waals surface area (Å²) in [5, 5.41) is 4.11. The molecule has 1 atom stereocenters. The lowest BCUT2D eigenvalue weighted by Crippen LogP contribution is -2.30. The Bertz CT molecular complexity index is 1030. The van der Waals surface area contributed by atoms with E-state index in [9.17, 15) is 4.79 Å². The maximum Gasteiger partial charge on any atom is 0.209 e. The molecule has 1 aromatic heterocycles. The SMILES string of the molecule is O=C1CCCC2=C1[C@@H](c1ccc(Cl)cc1)n1c(nc3ccccc31)N2. The number of carbonyl (C=O) groups excluding carboxylic acids is 1. The van der Waals surface area contributed by atoms with Crippen LogP contribution in [0.4, 0.5) is 5.95 Å². The maximum atomic E-state index is 12.8. The molecular formula is C20H16ClN3O. The molecule has 2 heterocycles. The number of para-hydroxylation sites is 2. The molecule has 0 saturated heterocycles. The fraction of sp³-hybridized carbons (Fsp3) is 0.200. The quantitative estimate of drug-likeness (QED) is 0.692. The minimum atomic E-state index is -0.163. The zero-order chi connectivity index (χ0) is 17.0. The predicted molar refractivity (Wildman–Crippen MR) is 98.8 cm³/mol. The highest BCUT2D eigenvalue weighted by Crippen LogP contribution is 2.42. The van der Waals surface area contributed by atoms with Crippen molar-refractivity contribution >= 4 is 34.4 Å². The van der Waals surface area contributed by atoms with Gasteiger partial charge in [0.25, 0.3) is 0 Å². The van der Waals surface area contributed by atoms with Crippen LogP contribution >= 0.6 is 11.6 Å². The van der Waals surface area contributed by atoms with Crippen molar-refractivity contribution in [2.45, 2.75) is 25.3 Å². The van der Waals surface area contributed by atoms with Crippen molar-refractivity contribution in [3.05, 3.63) is 70.4 Å². The summed E-state index contributed by atoms with van der Waals surface area (Å²) in [7, 11) is 0. The van der Waals surface area contributed by atoms with Crippen molar-refractivity contribution in [3.8, 4) is 0 Å². The van der Waals surface area contributed by atoms with Gasteiger partial charge in [-0.25, -0.2) is 4.98 Å². The third kappa shape index (κ3) is 2.21. The zero-order valence-electron chi connectivity index (χ0n) is 13.5. The molecule has 0 unspecified atom stereocenters. The van der Waals surface area contributed by atoms with Gasteiger partial charge >= 0.3 is 0 Å². The fourth-order valence-electron chi connectivity index (χ4n) is 3.93. The van der Waals surface area contributed by atoms with E-state index >= 15 is 0 Å². The monoisotopic (exact) mass is 349 g/mol. The maximum absolute atomic E-state index is 12.8. The summed E-state index contributed by atoms with van der Waals surface area (Å²) in [4.78, 5) is 17.5. The molecule has 1 aliphatic heterocycles. The van der Waals surface area contributed by atoms with Gasteiger partial charge in [-0.1, -0.05) is 35.9 Å². The molecule has 0 bridgehead atoms. The highest BCUT2D eigenvalue weighted by atomic mass is 35.5. The zero-order valence-corrected chi connectivity index (χ0v) is 14.3. The highest BCUT2D eigenvalue weighted by molar-refractivity contribution is 6.30. The van der Waals surface area contributed by atoms with Crippen LogP contribution in [-0.2, 0) is 4.79 Å². The molecule has 2 aliphatic rings. The lowest BCUT2D eigenvalue weighted by molar-refractivity contribution is -0.116. The number of allylic oxidation sites excluding steroid dienone is 2. The molecule has 4 nitrogen and oxygen atoms in total. The van der Waals surface area contributed by atoms with Crippen molar-refractivity contribution in [1.82, 2.24) is 9.55 Å². The van der Waals surface area contributed by atoms with E-state index in [1.54, 1.807) is 0 Å². The lowest BCUT2D eigenvalue weighted by Gasteiger charge is -2.33. The van der Waals surface area contributed by atoms with E-state index in [-0.39, 0.29) is 11.8 Å². The van der Waals surface area contributed by atoms with Gasteiger partial charge in [-0.3, -0.25) is 9.36 Å². The summed E-state index contributed by atoms with van der Waals surface area (Å²) >= 11 is 6.08. The average Bonchev–Trinajstić information content (AvgIpc) is 2.99. The Kier molecular flexibility index (Phi) is 3.22. The summed E-state index contributed by atoms with van der Waals surface area (Å²) in [5.74, 6) is 1.02. The van der Waals surface area contributed by atoms with Crippen molar-refractivity contribution in [2.24, 2.45) is 0 Å². The van der Waals surface area contributed by atoms with Crippen LogP contribution in [0.15, 0.2) is 59.8 Å². The van der Waals surface area contributed by atoms with Crippen LogP contribution in [0.1, 0.15) is 30.9 Å². The first-order valence-electron chi connectivity index (χ1n) is 8.48. The molecule has 25 heavy (non-hydrogen) atoms. The van der Waals surface area contributed by atoms with Gasteiger partial charge in [0.1, 0.15) is 0 Å². The number of ketones is 1. The van der Waals surface area contributed by atoms with Gasteiger partial charge in [0.2, 0.25) is 5.95 Å². The van der Waals surface area contributed by atoms with Gasteiger partial charge < -0.3 is 5.32 Å². The molecule has 124 valence electrons. The normalized spacial score (nSPS) is 19.6. The smallest absolute Gasteiger partial charge is 0.209 e. The Morgan fingerprint density at radius 3 is 2.72 bits per heavy atom. The average molecular weight is 350 g/mol. The Morgan fingerprint density at radius 1 is 1.08 bits per heavy atom. The van der Waals surface area contributed by atoms with E-state index in [1.165, 1.54) is 0 Å². The molecule has 5 heteroatoms. The van der Waals surface area contributed by atoms with Crippen LogP contribution in [0.3, 0.4) is 0 Å². The van der Waals surface area contributed by atoms with E-state index < -0.39 is 0 Å². The fourth-order valence-corrected chi connectivity index (χ4v) is 4.06. The van der Waals surface area contributed by atoms with E-state index in [4.69, 9.17) is 16.6 Å². The number of imidazole rings is 1. The molecule has 0 spiro atoms. The lowest BCUT2D eigenvalue weighted by atomic mass is 9.85. The standard InChI is InChI=1S/C20H16ClN3O/c21-13-10-8-12(9-11-13)19-18-15(5-3-7-17(18)25)23-20-22-14-4-1-2-6-16(14)24(19)20/h1-2,4,6,8-11,19H,3,5,7H2,(H,22,23)/t19-/m1/s1. The molecule has 1 N–H and O–H groups in total. The summed E-state index contributed by atoms with van der Waals surface area (Å²) in [6.07, 6.45) is 2.37. The first kappa shape index (κ1) is 14.7. The van der Waals surface area contributed by atoms with Crippen molar-refractivity contribution in [1.29, 1.82) is 0 Å². The van der Waals surface area contributed by atoms with Crippen LogP contribution in [0.5, 0.6) is 0 Å². The van der Waals surface area contributed by atoms with E-state index in [0.717, 1.165) is 46.7 Å². The first-order valence-corrected chi connectivity index (χ1v) is 8.86. The molecular weight excluding hydrogens is 334 g/mol. The van der Waals surface area contributed by atoms with Crippen molar-refractivity contribution < 1.29 is 4.79 Å². The number of nitrogens with zero attached hydrogens (tertiary/aromatic N) is 2. The molecule has 0 amide bonds. The molecule has 0 fully saturated rings. The molecule has 5 rings (SSSR count). The largest absolute Gasteiger partial charge is 0.329 e. The van der Waals surface area contributed by atoms with Crippen LogP contribution in [0, 0.1) is 0 Å². The number of aromatic nitrogens is 2. The second-order valence-corrected chi connectivity index (χ2v) is 6.98. The Hall–Kier alpha value is -2.59. The van der Waals surface area contributed by atoms with Gasteiger partial charge in [-0.15, -0.1) is 0 Å². The summed E-state index contributed by atoms with van der Waals surface area (Å²) in [5.41, 5.74) is 4.88. The predicted octanol–water partition coefficient (Wildman–Crippen LogP) is 4.71. The third-order valence-corrected chi connectivity index (χ3v) is 5.28. The Labute approximate surface area is 150 Å².